The maximum absolute atomic E-state index is 12.9. The van der Waals surface area contributed by atoms with E-state index < -0.39 is 0 Å². The summed E-state index contributed by atoms with van der Waals surface area (Å²) in [6.45, 7) is 2.00. The van der Waals surface area contributed by atoms with Crippen molar-refractivity contribution >= 4 is 0 Å². The quantitative estimate of drug-likeness (QED) is 0.711. The molecule has 0 bridgehead atoms. The molecule has 0 unspecified atom stereocenters. The average Bonchev–Trinajstić information content (AvgIpc) is 2.63. The van der Waals surface area contributed by atoms with Gasteiger partial charge in [-0.3, -0.25) is 4.98 Å². The van der Waals surface area contributed by atoms with Gasteiger partial charge < -0.3 is 10.1 Å². The molecule has 0 atom stereocenters. The average molecular weight is 322 g/mol. The highest BCUT2D eigenvalue weighted by atomic mass is 19.1. The molecule has 0 aliphatic rings. The summed E-state index contributed by atoms with van der Waals surface area (Å²) in [6.07, 6.45) is 3.63. The Bertz CT molecular complexity index is 743. The van der Waals surface area contributed by atoms with Gasteiger partial charge in [0.25, 0.3) is 0 Å². The Kier molecular flexibility index (Phi) is 5.53. The highest BCUT2D eigenvalue weighted by Crippen LogP contribution is 2.14. The highest BCUT2D eigenvalue weighted by molar-refractivity contribution is 5.28. The number of aromatic nitrogens is 1. The van der Waals surface area contributed by atoms with Crippen molar-refractivity contribution in [1.29, 1.82) is 0 Å². The maximum Gasteiger partial charge on any atom is 0.123 e. The van der Waals surface area contributed by atoms with Gasteiger partial charge >= 0.3 is 0 Å². The van der Waals surface area contributed by atoms with E-state index in [1.807, 2.05) is 42.6 Å². The summed E-state index contributed by atoms with van der Waals surface area (Å²) in [6, 6.07) is 18.3. The number of halogens is 1. The van der Waals surface area contributed by atoms with Crippen LogP contribution in [0.1, 0.15) is 16.7 Å². The Morgan fingerprint density at radius 1 is 0.833 bits per heavy atom. The van der Waals surface area contributed by atoms with Crippen molar-refractivity contribution < 1.29 is 9.13 Å². The second-order valence-corrected chi connectivity index (χ2v) is 5.52. The van der Waals surface area contributed by atoms with Gasteiger partial charge in [0.05, 0.1) is 0 Å². The van der Waals surface area contributed by atoms with Gasteiger partial charge in [0, 0.05) is 25.5 Å². The second-order valence-electron chi connectivity index (χ2n) is 5.52. The number of nitrogens with zero attached hydrogens (tertiary/aromatic N) is 1. The zero-order valence-electron chi connectivity index (χ0n) is 13.3. The Morgan fingerprint density at radius 2 is 1.54 bits per heavy atom. The van der Waals surface area contributed by atoms with E-state index in [1.54, 1.807) is 18.3 Å². The lowest BCUT2D eigenvalue weighted by molar-refractivity contribution is 0.306. The van der Waals surface area contributed by atoms with Crippen molar-refractivity contribution in [2.45, 2.75) is 19.7 Å². The first-order chi connectivity index (χ1) is 11.8. The van der Waals surface area contributed by atoms with Crippen LogP contribution in [0.3, 0.4) is 0 Å². The first-order valence-corrected chi connectivity index (χ1v) is 7.85. The Morgan fingerprint density at radius 3 is 2.25 bits per heavy atom. The lowest BCUT2D eigenvalue weighted by Gasteiger charge is -2.08. The third-order valence-corrected chi connectivity index (χ3v) is 3.62. The van der Waals surface area contributed by atoms with Crippen LogP contribution < -0.4 is 10.1 Å². The van der Waals surface area contributed by atoms with Gasteiger partial charge in [0.15, 0.2) is 0 Å². The molecule has 1 aromatic heterocycles. The SMILES string of the molecule is Fc1ccc(COc2ccc(CNCc3cccnc3)cc2)cc1. The predicted octanol–water partition coefficient (Wildman–Crippen LogP) is 4.09. The lowest BCUT2D eigenvalue weighted by Crippen LogP contribution is -2.12. The van der Waals surface area contributed by atoms with Gasteiger partial charge in [0.2, 0.25) is 0 Å². The second kappa shape index (κ2) is 8.22. The topological polar surface area (TPSA) is 34.1 Å². The summed E-state index contributed by atoms with van der Waals surface area (Å²) in [4.78, 5) is 4.09. The number of ether oxygens (including phenoxy) is 1. The lowest BCUT2D eigenvalue weighted by atomic mass is 10.2. The van der Waals surface area contributed by atoms with E-state index in [0.717, 1.165) is 30.0 Å². The molecule has 1 N–H and O–H groups in total. The van der Waals surface area contributed by atoms with Crippen LogP contribution in [0.25, 0.3) is 0 Å². The van der Waals surface area contributed by atoms with Crippen LogP contribution >= 0.6 is 0 Å². The van der Waals surface area contributed by atoms with Crippen LogP contribution in [0.15, 0.2) is 73.1 Å². The van der Waals surface area contributed by atoms with Crippen LogP contribution in [0.5, 0.6) is 5.75 Å². The molecule has 0 amide bonds. The number of benzene rings is 2. The summed E-state index contributed by atoms with van der Waals surface area (Å²) in [7, 11) is 0. The summed E-state index contributed by atoms with van der Waals surface area (Å²) in [5.74, 6) is 0.567. The van der Waals surface area contributed by atoms with Gasteiger partial charge in [-0.1, -0.05) is 30.3 Å². The number of hydrogen-bond donors (Lipinski definition) is 1. The van der Waals surface area contributed by atoms with Crippen molar-refractivity contribution in [3.63, 3.8) is 0 Å². The molecule has 4 heteroatoms. The molecule has 0 saturated heterocycles. The maximum atomic E-state index is 12.9. The summed E-state index contributed by atoms with van der Waals surface area (Å²) >= 11 is 0. The molecular weight excluding hydrogens is 303 g/mol. The fourth-order valence-electron chi connectivity index (χ4n) is 2.30. The van der Waals surface area contributed by atoms with Crippen LogP contribution in [-0.2, 0) is 19.7 Å². The molecule has 3 aromatic rings. The van der Waals surface area contributed by atoms with Crippen LogP contribution in [-0.4, -0.2) is 4.98 Å². The zero-order valence-corrected chi connectivity index (χ0v) is 13.3. The van der Waals surface area contributed by atoms with E-state index in [9.17, 15) is 4.39 Å². The van der Waals surface area contributed by atoms with Gasteiger partial charge in [0.1, 0.15) is 18.2 Å². The van der Waals surface area contributed by atoms with Crippen LogP contribution in [0, 0.1) is 5.82 Å². The Balaban J connectivity index is 1.45. The summed E-state index contributed by atoms with van der Waals surface area (Å²) < 4.78 is 18.6. The van der Waals surface area contributed by atoms with Crippen molar-refractivity contribution in [2.24, 2.45) is 0 Å². The van der Waals surface area contributed by atoms with Gasteiger partial charge in [-0.05, 0) is 47.0 Å². The molecule has 0 fully saturated rings. The number of hydrogen-bond acceptors (Lipinski definition) is 3. The number of rotatable bonds is 7. The fraction of sp³-hybridized carbons (Fsp3) is 0.150. The molecular formula is C20H19FN2O. The Hall–Kier alpha value is -2.72. The monoisotopic (exact) mass is 322 g/mol. The number of pyridine rings is 1. The first-order valence-electron chi connectivity index (χ1n) is 7.85. The minimum absolute atomic E-state index is 0.234. The van der Waals surface area contributed by atoms with Crippen LogP contribution in [0.2, 0.25) is 0 Å². The highest BCUT2D eigenvalue weighted by Gasteiger charge is 1.99. The molecule has 0 aliphatic carbocycles. The van der Waals surface area contributed by atoms with Gasteiger partial charge in [-0.2, -0.15) is 0 Å². The summed E-state index contributed by atoms with van der Waals surface area (Å²) in [5.41, 5.74) is 3.29. The van der Waals surface area contributed by atoms with E-state index >= 15 is 0 Å². The van der Waals surface area contributed by atoms with E-state index in [-0.39, 0.29) is 5.82 Å². The predicted molar refractivity (Wildman–Crippen MR) is 92.0 cm³/mol. The minimum Gasteiger partial charge on any atom is -0.489 e. The smallest absolute Gasteiger partial charge is 0.123 e. The van der Waals surface area contributed by atoms with Crippen molar-refractivity contribution in [3.8, 4) is 5.75 Å². The third-order valence-electron chi connectivity index (χ3n) is 3.62. The zero-order chi connectivity index (χ0) is 16.6. The molecule has 2 aromatic carbocycles. The van der Waals surface area contributed by atoms with Crippen molar-refractivity contribution in [2.75, 3.05) is 0 Å². The van der Waals surface area contributed by atoms with Gasteiger partial charge in [-0.25, -0.2) is 4.39 Å². The molecule has 0 saturated carbocycles. The molecule has 0 spiro atoms. The van der Waals surface area contributed by atoms with Gasteiger partial charge in [-0.15, -0.1) is 0 Å². The van der Waals surface area contributed by atoms with E-state index in [4.69, 9.17) is 4.74 Å². The van der Waals surface area contributed by atoms with E-state index in [0.29, 0.717) is 6.61 Å². The molecule has 24 heavy (non-hydrogen) atoms. The molecule has 1 heterocycles. The standard InChI is InChI=1S/C20H19FN2O/c21-19-7-3-17(4-8-19)15-24-20-9-5-16(6-10-20)12-23-14-18-2-1-11-22-13-18/h1-11,13,23H,12,14-15H2. The van der Waals surface area contributed by atoms with Crippen molar-refractivity contribution in [1.82, 2.24) is 10.3 Å². The van der Waals surface area contributed by atoms with Crippen molar-refractivity contribution in [3.05, 3.63) is 95.6 Å². The normalized spacial score (nSPS) is 10.5. The summed E-state index contributed by atoms with van der Waals surface area (Å²) in [5, 5.41) is 3.38. The first kappa shape index (κ1) is 16.1. The molecule has 0 radical (unpaired) electrons. The Labute approximate surface area is 141 Å². The largest absolute Gasteiger partial charge is 0.489 e. The van der Waals surface area contributed by atoms with Crippen LogP contribution in [0.4, 0.5) is 4.39 Å². The minimum atomic E-state index is -0.234. The van der Waals surface area contributed by atoms with E-state index in [1.165, 1.54) is 17.7 Å². The molecule has 3 rings (SSSR count). The van der Waals surface area contributed by atoms with E-state index in [2.05, 4.69) is 10.3 Å². The molecule has 0 aliphatic heterocycles. The molecule has 3 nitrogen and oxygen atoms in total. The third kappa shape index (κ3) is 4.89. The number of nitrogens with one attached hydrogen (secondary N) is 1. The molecule has 122 valence electrons. The fourth-order valence-corrected chi connectivity index (χ4v) is 2.30.